The van der Waals surface area contributed by atoms with Crippen molar-refractivity contribution in [3.63, 3.8) is 0 Å². The van der Waals surface area contributed by atoms with Crippen molar-refractivity contribution < 1.29 is 9.90 Å². The summed E-state index contributed by atoms with van der Waals surface area (Å²) >= 11 is 2.06. The number of carboxylic acid groups (broad SMARTS) is 1. The summed E-state index contributed by atoms with van der Waals surface area (Å²) in [7, 11) is 1.76. The molecule has 3 rings (SSSR count). The van der Waals surface area contributed by atoms with E-state index >= 15 is 0 Å². The first-order chi connectivity index (χ1) is 9.08. The van der Waals surface area contributed by atoms with Crippen LogP contribution in [-0.2, 0) is 19.9 Å². The Labute approximate surface area is 123 Å². The number of aromatic nitrogens is 4. The van der Waals surface area contributed by atoms with Crippen LogP contribution >= 0.6 is 22.6 Å². The Balaban J connectivity index is 2.31. The first-order valence-electron chi connectivity index (χ1n) is 5.89. The second-order valence-corrected chi connectivity index (χ2v) is 5.44. The Bertz CT molecular complexity index is 681. The SMILES string of the molecule is Cn1nc(C(=O)O)c2c1-c1nc(I)ncc1CCC2. The average Bonchev–Trinajstić information content (AvgIpc) is 2.57. The number of carboxylic acids is 1. The molecule has 0 atom stereocenters. The second-order valence-electron chi connectivity index (χ2n) is 4.47. The summed E-state index contributed by atoms with van der Waals surface area (Å²) in [4.78, 5) is 19.9. The van der Waals surface area contributed by atoms with Gasteiger partial charge in [0.2, 0.25) is 0 Å². The maximum absolute atomic E-state index is 11.3. The molecule has 6 nitrogen and oxygen atoms in total. The van der Waals surface area contributed by atoms with E-state index < -0.39 is 5.97 Å². The zero-order chi connectivity index (χ0) is 13.6. The molecule has 2 aromatic heterocycles. The van der Waals surface area contributed by atoms with Crippen LogP contribution in [0.3, 0.4) is 0 Å². The van der Waals surface area contributed by atoms with Gasteiger partial charge in [-0.15, -0.1) is 0 Å². The van der Waals surface area contributed by atoms with Gasteiger partial charge in [-0.3, -0.25) is 4.68 Å². The van der Waals surface area contributed by atoms with Gasteiger partial charge in [0.1, 0.15) is 0 Å². The first-order valence-corrected chi connectivity index (χ1v) is 6.96. The molecule has 1 aliphatic rings. The average molecular weight is 370 g/mol. The van der Waals surface area contributed by atoms with E-state index in [4.69, 9.17) is 0 Å². The number of halogens is 1. The maximum atomic E-state index is 11.3. The highest BCUT2D eigenvalue weighted by molar-refractivity contribution is 14.1. The normalized spacial score (nSPS) is 13.6. The van der Waals surface area contributed by atoms with Gasteiger partial charge in [0.05, 0.1) is 11.4 Å². The van der Waals surface area contributed by atoms with E-state index in [0.29, 0.717) is 10.3 Å². The summed E-state index contributed by atoms with van der Waals surface area (Å²) < 4.78 is 2.27. The zero-order valence-corrected chi connectivity index (χ0v) is 12.4. The molecule has 0 fully saturated rings. The number of rotatable bonds is 1. The summed E-state index contributed by atoms with van der Waals surface area (Å²) in [5.74, 6) is -0.982. The minimum atomic E-state index is -0.982. The van der Waals surface area contributed by atoms with Crippen molar-refractivity contribution in [3.05, 3.63) is 26.8 Å². The predicted molar refractivity (Wildman–Crippen MR) is 75.9 cm³/mol. The third-order valence-electron chi connectivity index (χ3n) is 3.28. The van der Waals surface area contributed by atoms with Gasteiger partial charge in [0.15, 0.2) is 9.53 Å². The maximum Gasteiger partial charge on any atom is 0.356 e. The van der Waals surface area contributed by atoms with E-state index in [1.165, 1.54) is 0 Å². The summed E-state index contributed by atoms with van der Waals surface area (Å²) in [5, 5.41) is 13.4. The number of nitrogens with zero attached hydrogens (tertiary/aromatic N) is 4. The lowest BCUT2D eigenvalue weighted by molar-refractivity contribution is 0.0688. The molecule has 0 radical (unpaired) electrons. The molecule has 7 heteroatoms. The van der Waals surface area contributed by atoms with E-state index in [-0.39, 0.29) is 5.69 Å². The summed E-state index contributed by atoms with van der Waals surface area (Å²) in [6.07, 6.45) is 4.28. The molecule has 1 aliphatic carbocycles. The minimum Gasteiger partial charge on any atom is -0.476 e. The molecule has 19 heavy (non-hydrogen) atoms. The Kier molecular flexibility index (Phi) is 3.00. The molecule has 0 amide bonds. The fourth-order valence-corrected chi connectivity index (χ4v) is 2.88. The van der Waals surface area contributed by atoms with Gasteiger partial charge >= 0.3 is 5.97 Å². The van der Waals surface area contributed by atoms with Crippen LogP contribution in [-0.4, -0.2) is 30.8 Å². The lowest BCUT2D eigenvalue weighted by Crippen LogP contribution is -2.03. The van der Waals surface area contributed by atoms with E-state index in [9.17, 15) is 9.90 Å². The predicted octanol–water partition coefficient (Wildman–Crippen LogP) is 1.67. The van der Waals surface area contributed by atoms with Crippen molar-refractivity contribution in [1.82, 2.24) is 19.7 Å². The third kappa shape index (κ3) is 2.01. The molecular weight excluding hydrogens is 359 g/mol. The van der Waals surface area contributed by atoms with Crippen molar-refractivity contribution in [1.29, 1.82) is 0 Å². The molecule has 0 saturated heterocycles. The minimum absolute atomic E-state index is 0.138. The number of hydrogen-bond acceptors (Lipinski definition) is 4. The largest absolute Gasteiger partial charge is 0.476 e. The summed E-state index contributed by atoms with van der Waals surface area (Å²) in [5.41, 5.74) is 3.60. The Morgan fingerprint density at radius 3 is 3.00 bits per heavy atom. The van der Waals surface area contributed by atoms with E-state index in [1.807, 2.05) is 6.20 Å². The van der Waals surface area contributed by atoms with Crippen molar-refractivity contribution in [2.45, 2.75) is 19.3 Å². The molecule has 2 aromatic rings. The molecule has 98 valence electrons. The molecule has 0 saturated carbocycles. The highest BCUT2D eigenvalue weighted by Gasteiger charge is 2.26. The van der Waals surface area contributed by atoms with Crippen molar-refractivity contribution in [3.8, 4) is 11.4 Å². The molecule has 2 heterocycles. The van der Waals surface area contributed by atoms with Crippen LogP contribution in [0.25, 0.3) is 11.4 Å². The van der Waals surface area contributed by atoms with Gasteiger partial charge in [-0.1, -0.05) is 0 Å². The van der Waals surface area contributed by atoms with Crippen LogP contribution in [0.4, 0.5) is 0 Å². The van der Waals surface area contributed by atoms with Crippen LogP contribution in [0, 0.1) is 3.83 Å². The first kappa shape index (κ1) is 12.5. The number of aromatic carboxylic acids is 1. The van der Waals surface area contributed by atoms with Crippen LogP contribution in [0.5, 0.6) is 0 Å². The fraction of sp³-hybridized carbons (Fsp3) is 0.333. The second kappa shape index (κ2) is 4.55. The topological polar surface area (TPSA) is 80.9 Å². The fourth-order valence-electron chi connectivity index (χ4n) is 2.50. The number of carbonyl (C=O) groups is 1. The molecule has 0 spiro atoms. The number of aryl methyl sites for hydroxylation is 2. The lowest BCUT2D eigenvalue weighted by atomic mass is 10.1. The van der Waals surface area contributed by atoms with Gasteiger partial charge < -0.3 is 5.11 Å². The summed E-state index contributed by atoms with van der Waals surface area (Å²) in [6.45, 7) is 0. The van der Waals surface area contributed by atoms with E-state index in [2.05, 4.69) is 37.7 Å². The third-order valence-corrected chi connectivity index (χ3v) is 3.80. The Morgan fingerprint density at radius 2 is 2.26 bits per heavy atom. The van der Waals surface area contributed by atoms with Gasteiger partial charge in [0, 0.05) is 41.4 Å². The monoisotopic (exact) mass is 370 g/mol. The number of hydrogen-bond donors (Lipinski definition) is 1. The molecule has 1 N–H and O–H groups in total. The number of fused-ring (bicyclic) bond motifs is 3. The summed E-state index contributed by atoms with van der Waals surface area (Å²) in [6, 6.07) is 0. The Hall–Kier alpha value is -1.51. The molecule has 0 bridgehead atoms. The smallest absolute Gasteiger partial charge is 0.356 e. The standard InChI is InChI=1S/C12H11IN4O2/c1-17-10-7(9(16-17)11(18)19)4-2-3-6-5-14-12(13)15-8(6)10/h5H,2-4H2,1H3,(H,18,19). The van der Waals surface area contributed by atoms with Gasteiger partial charge in [-0.2, -0.15) is 5.10 Å². The molecular formula is C12H11IN4O2. The molecule has 0 unspecified atom stereocenters. The Morgan fingerprint density at radius 1 is 1.47 bits per heavy atom. The van der Waals surface area contributed by atoms with E-state index in [0.717, 1.165) is 35.4 Å². The van der Waals surface area contributed by atoms with E-state index in [1.54, 1.807) is 11.7 Å². The van der Waals surface area contributed by atoms with Crippen molar-refractivity contribution in [2.24, 2.45) is 7.05 Å². The van der Waals surface area contributed by atoms with Crippen LogP contribution < -0.4 is 0 Å². The van der Waals surface area contributed by atoms with Crippen LogP contribution in [0.2, 0.25) is 0 Å². The van der Waals surface area contributed by atoms with Crippen molar-refractivity contribution >= 4 is 28.6 Å². The van der Waals surface area contributed by atoms with Crippen LogP contribution in [0.1, 0.15) is 28.0 Å². The lowest BCUT2D eigenvalue weighted by Gasteiger charge is -2.06. The highest BCUT2D eigenvalue weighted by Crippen LogP contribution is 2.32. The zero-order valence-electron chi connectivity index (χ0n) is 10.2. The van der Waals surface area contributed by atoms with Gasteiger partial charge in [0.25, 0.3) is 0 Å². The van der Waals surface area contributed by atoms with Gasteiger partial charge in [-0.25, -0.2) is 14.8 Å². The van der Waals surface area contributed by atoms with Crippen molar-refractivity contribution in [2.75, 3.05) is 0 Å². The molecule has 0 aromatic carbocycles. The van der Waals surface area contributed by atoms with Gasteiger partial charge in [-0.05, 0) is 24.8 Å². The van der Waals surface area contributed by atoms with Crippen LogP contribution in [0.15, 0.2) is 6.20 Å². The highest BCUT2D eigenvalue weighted by atomic mass is 127. The molecule has 0 aliphatic heterocycles. The quantitative estimate of drug-likeness (QED) is 0.610.